The SMILES string of the molecule is COc1ccc(CCC2(C3CCCC3)CC(=O)CC(=O)O2)cc1C.COc1ccc(CCC2(C3CCCC3)CC(=O)CC(=O)O2)cc1C. The van der Waals surface area contributed by atoms with Crippen molar-refractivity contribution >= 4 is 23.5 Å². The minimum Gasteiger partial charge on any atom is -0.496 e. The number of rotatable bonds is 10. The number of cyclic esters (lactones) is 2. The van der Waals surface area contributed by atoms with Gasteiger partial charge in [0.15, 0.2) is 0 Å². The number of ether oxygens (including phenoxy) is 4. The van der Waals surface area contributed by atoms with Crippen LogP contribution in [-0.4, -0.2) is 48.9 Å². The average molecular weight is 661 g/mol. The van der Waals surface area contributed by atoms with Gasteiger partial charge < -0.3 is 18.9 Å². The zero-order valence-corrected chi connectivity index (χ0v) is 29.2. The molecular weight excluding hydrogens is 608 g/mol. The van der Waals surface area contributed by atoms with Crippen molar-refractivity contribution in [3.63, 3.8) is 0 Å². The lowest BCUT2D eigenvalue weighted by Crippen LogP contribution is -2.48. The molecule has 2 atom stereocenters. The third-order valence-corrected chi connectivity index (χ3v) is 11.1. The van der Waals surface area contributed by atoms with Crippen molar-refractivity contribution in [1.82, 2.24) is 0 Å². The van der Waals surface area contributed by atoms with E-state index in [2.05, 4.69) is 24.3 Å². The highest BCUT2D eigenvalue weighted by Gasteiger charge is 2.49. The van der Waals surface area contributed by atoms with Gasteiger partial charge in [0.1, 0.15) is 47.1 Å². The van der Waals surface area contributed by atoms with Gasteiger partial charge in [0, 0.05) is 12.8 Å². The van der Waals surface area contributed by atoms with Gasteiger partial charge in [-0.15, -0.1) is 0 Å². The molecule has 4 aliphatic rings. The summed E-state index contributed by atoms with van der Waals surface area (Å²) < 4.78 is 22.3. The van der Waals surface area contributed by atoms with Crippen LogP contribution in [0, 0.1) is 25.7 Å². The Morgan fingerprint density at radius 2 is 1.00 bits per heavy atom. The minimum absolute atomic E-state index is 0.0315. The molecule has 0 N–H and O–H groups in total. The fraction of sp³-hybridized carbons (Fsp3) is 0.600. The van der Waals surface area contributed by atoms with E-state index in [0.717, 1.165) is 74.0 Å². The molecule has 2 aromatic rings. The highest BCUT2D eigenvalue weighted by Crippen LogP contribution is 2.45. The molecule has 6 rings (SSSR count). The van der Waals surface area contributed by atoms with Crippen molar-refractivity contribution in [2.75, 3.05) is 14.2 Å². The summed E-state index contributed by atoms with van der Waals surface area (Å²) in [5, 5.41) is 0. The molecule has 2 aliphatic heterocycles. The number of aryl methyl sites for hydroxylation is 4. The highest BCUT2D eigenvalue weighted by atomic mass is 16.6. The van der Waals surface area contributed by atoms with Crippen LogP contribution in [0.3, 0.4) is 0 Å². The summed E-state index contributed by atoms with van der Waals surface area (Å²) in [5.74, 6) is 1.78. The molecule has 8 heteroatoms. The summed E-state index contributed by atoms with van der Waals surface area (Å²) in [7, 11) is 3.34. The third kappa shape index (κ3) is 8.48. The first kappa shape index (κ1) is 35.6. The van der Waals surface area contributed by atoms with Crippen LogP contribution in [0.25, 0.3) is 0 Å². The van der Waals surface area contributed by atoms with E-state index in [9.17, 15) is 19.2 Å². The molecule has 2 saturated carbocycles. The fourth-order valence-corrected chi connectivity index (χ4v) is 8.66. The van der Waals surface area contributed by atoms with Crippen molar-refractivity contribution in [3.05, 3.63) is 58.7 Å². The first-order chi connectivity index (χ1) is 23.0. The van der Waals surface area contributed by atoms with Crippen molar-refractivity contribution < 1.29 is 38.1 Å². The number of carbonyl (C=O) groups is 4. The molecule has 2 unspecified atom stereocenters. The smallest absolute Gasteiger partial charge is 0.313 e. The van der Waals surface area contributed by atoms with Gasteiger partial charge in [-0.1, -0.05) is 49.9 Å². The number of benzene rings is 2. The maximum Gasteiger partial charge on any atom is 0.313 e. The lowest BCUT2D eigenvalue weighted by molar-refractivity contribution is -0.180. The van der Waals surface area contributed by atoms with Gasteiger partial charge in [-0.05, 0) is 111 Å². The summed E-state index contributed by atoms with van der Waals surface area (Å²) in [4.78, 5) is 48.0. The molecule has 8 nitrogen and oxygen atoms in total. The molecule has 0 spiro atoms. The van der Waals surface area contributed by atoms with Gasteiger partial charge in [-0.3, -0.25) is 19.2 Å². The molecule has 2 saturated heterocycles. The molecule has 0 aromatic heterocycles. The Morgan fingerprint density at radius 3 is 1.31 bits per heavy atom. The Hall–Kier alpha value is -3.68. The Bertz CT molecular complexity index is 1340. The number of Topliss-reactive ketones (excluding diaryl/α,β-unsaturated/α-hetero) is 2. The second-order valence-corrected chi connectivity index (χ2v) is 14.4. The Balaban J connectivity index is 0.000000188. The maximum absolute atomic E-state index is 12.1. The van der Waals surface area contributed by atoms with Gasteiger partial charge in [0.2, 0.25) is 0 Å². The topological polar surface area (TPSA) is 105 Å². The molecule has 260 valence electrons. The Kier molecular flexibility index (Phi) is 11.6. The van der Waals surface area contributed by atoms with Gasteiger partial charge in [0.05, 0.1) is 14.2 Å². The number of hydrogen-bond donors (Lipinski definition) is 0. The summed E-state index contributed by atoms with van der Waals surface area (Å²) in [6.45, 7) is 4.05. The van der Waals surface area contributed by atoms with E-state index in [1.165, 1.54) is 36.8 Å². The van der Waals surface area contributed by atoms with E-state index in [-0.39, 0.29) is 36.3 Å². The van der Waals surface area contributed by atoms with Crippen LogP contribution in [0.4, 0.5) is 0 Å². The van der Waals surface area contributed by atoms with Gasteiger partial charge in [0.25, 0.3) is 0 Å². The van der Waals surface area contributed by atoms with E-state index < -0.39 is 11.2 Å². The Morgan fingerprint density at radius 1 is 0.625 bits per heavy atom. The molecular formula is C40H52O8. The summed E-state index contributed by atoms with van der Waals surface area (Å²) in [5.41, 5.74) is 3.41. The molecule has 2 aromatic carbocycles. The second kappa shape index (κ2) is 15.7. The summed E-state index contributed by atoms with van der Waals surface area (Å²) in [6, 6.07) is 12.3. The number of hydrogen-bond acceptors (Lipinski definition) is 8. The monoisotopic (exact) mass is 660 g/mol. The fourth-order valence-electron chi connectivity index (χ4n) is 8.66. The van der Waals surface area contributed by atoms with Crippen LogP contribution in [0.2, 0.25) is 0 Å². The average Bonchev–Trinajstić information content (AvgIpc) is 3.79. The van der Waals surface area contributed by atoms with Crippen molar-refractivity contribution in [1.29, 1.82) is 0 Å². The second-order valence-electron chi connectivity index (χ2n) is 14.4. The number of methoxy groups -OCH3 is 2. The van der Waals surface area contributed by atoms with E-state index in [1.54, 1.807) is 14.2 Å². The largest absolute Gasteiger partial charge is 0.496 e. The van der Waals surface area contributed by atoms with E-state index in [1.807, 2.05) is 26.0 Å². The molecule has 4 fully saturated rings. The molecule has 0 bridgehead atoms. The predicted octanol–water partition coefficient (Wildman–Crippen LogP) is 7.54. The highest BCUT2D eigenvalue weighted by molar-refractivity contribution is 5.98. The zero-order valence-electron chi connectivity index (χ0n) is 29.2. The first-order valence-electron chi connectivity index (χ1n) is 17.8. The van der Waals surface area contributed by atoms with E-state index in [0.29, 0.717) is 24.7 Å². The maximum atomic E-state index is 12.1. The van der Waals surface area contributed by atoms with Crippen LogP contribution in [-0.2, 0) is 41.5 Å². The lowest BCUT2D eigenvalue weighted by Gasteiger charge is -2.41. The molecule has 2 heterocycles. The predicted molar refractivity (Wildman–Crippen MR) is 182 cm³/mol. The van der Waals surface area contributed by atoms with E-state index in [4.69, 9.17) is 18.9 Å². The minimum atomic E-state index is -0.587. The molecule has 0 radical (unpaired) electrons. The Labute approximate surface area is 285 Å². The van der Waals surface area contributed by atoms with Crippen LogP contribution in [0.1, 0.15) is 112 Å². The van der Waals surface area contributed by atoms with Crippen molar-refractivity contribution in [3.8, 4) is 11.5 Å². The summed E-state index contributed by atoms with van der Waals surface area (Å²) in [6.07, 6.45) is 12.6. The van der Waals surface area contributed by atoms with Crippen molar-refractivity contribution in [2.45, 2.75) is 128 Å². The lowest BCUT2D eigenvalue weighted by atomic mass is 9.76. The van der Waals surface area contributed by atoms with Gasteiger partial charge >= 0.3 is 11.9 Å². The van der Waals surface area contributed by atoms with Crippen molar-refractivity contribution in [2.24, 2.45) is 11.8 Å². The third-order valence-electron chi connectivity index (χ3n) is 11.1. The number of carbonyl (C=O) groups excluding carboxylic acids is 4. The number of ketones is 2. The first-order valence-corrected chi connectivity index (χ1v) is 17.8. The molecule has 0 amide bonds. The van der Waals surface area contributed by atoms with Gasteiger partial charge in [-0.25, -0.2) is 0 Å². The standard InChI is InChI=1S/2C20H26O4/c2*1-14-11-15(7-8-18(14)23-2)9-10-20(16-5-3-4-6-16)13-17(21)12-19(22)24-20/h2*7-8,11,16H,3-6,9-10,12-13H2,1-2H3. The summed E-state index contributed by atoms with van der Waals surface area (Å²) >= 11 is 0. The van der Waals surface area contributed by atoms with Gasteiger partial charge in [-0.2, -0.15) is 0 Å². The number of esters is 2. The molecule has 2 aliphatic carbocycles. The van der Waals surface area contributed by atoms with Crippen LogP contribution in [0.15, 0.2) is 36.4 Å². The quantitative estimate of drug-likeness (QED) is 0.190. The van der Waals surface area contributed by atoms with Crippen LogP contribution in [0.5, 0.6) is 11.5 Å². The zero-order chi connectivity index (χ0) is 34.3. The normalized spacial score (nSPS) is 24.9. The van der Waals surface area contributed by atoms with Crippen LogP contribution < -0.4 is 9.47 Å². The van der Waals surface area contributed by atoms with Crippen LogP contribution >= 0.6 is 0 Å². The molecule has 48 heavy (non-hydrogen) atoms. The van der Waals surface area contributed by atoms with E-state index >= 15 is 0 Å².